The maximum Gasteiger partial charge on any atom is 0.222 e. The Morgan fingerprint density at radius 2 is 2.26 bits per heavy atom. The number of likely N-dealkylation sites (tertiary alicyclic amines) is 1. The summed E-state index contributed by atoms with van der Waals surface area (Å²) in [5.74, 6) is 1.41. The summed E-state index contributed by atoms with van der Waals surface area (Å²) in [5, 5.41) is 3.40. The van der Waals surface area contributed by atoms with Gasteiger partial charge in [0.1, 0.15) is 5.82 Å². The maximum absolute atomic E-state index is 5.87. The molecular weight excluding hydrogens is 240 g/mol. The van der Waals surface area contributed by atoms with Crippen LogP contribution in [-0.2, 0) is 13.0 Å². The second-order valence-corrected chi connectivity index (χ2v) is 5.57. The van der Waals surface area contributed by atoms with Gasteiger partial charge in [-0.1, -0.05) is 0 Å². The van der Waals surface area contributed by atoms with Gasteiger partial charge in [0.2, 0.25) is 5.95 Å². The Balaban J connectivity index is 1.93. The van der Waals surface area contributed by atoms with E-state index in [2.05, 4.69) is 39.2 Å². The molecule has 19 heavy (non-hydrogen) atoms. The molecular formula is C13H22N6. The summed E-state index contributed by atoms with van der Waals surface area (Å²) in [7, 11) is 4.29. The van der Waals surface area contributed by atoms with Gasteiger partial charge in [-0.05, 0) is 20.0 Å². The van der Waals surface area contributed by atoms with Crippen molar-refractivity contribution in [3.05, 3.63) is 11.3 Å². The van der Waals surface area contributed by atoms with Crippen molar-refractivity contribution < 1.29 is 0 Å². The standard InChI is InChI=1S/C13H22N6/c1-18-6-4-9(8-18)19(2)12-10-7-15-5-3-11(10)16-13(14)17-12/h9,15H,3-8H2,1-2H3,(H2,14,16,17). The summed E-state index contributed by atoms with van der Waals surface area (Å²) >= 11 is 0. The Morgan fingerprint density at radius 3 is 3.00 bits per heavy atom. The van der Waals surface area contributed by atoms with Crippen molar-refractivity contribution in [2.75, 3.05) is 44.4 Å². The van der Waals surface area contributed by atoms with Crippen molar-refractivity contribution in [3.63, 3.8) is 0 Å². The van der Waals surface area contributed by atoms with Crippen LogP contribution >= 0.6 is 0 Å². The molecule has 6 heteroatoms. The van der Waals surface area contributed by atoms with E-state index in [4.69, 9.17) is 5.73 Å². The summed E-state index contributed by atoms with van der Waals surface area (Å²) in [4.78, 5) is 13.5. The number of nitrogen functional groups attached to an aromatic ring is 1. The van der Waals surface area contributed by atoms with Gasteiger partial charge in [-0.25, -0.2) is 4.98 Å². The number of hydrogen-bond donors (Lipinski definition) is 2. The van der Waals surface area contributed by atoms with Crippen LogP contribution in [0.15, 0.2) is 0 Å². The summed E-state index contributed by atoms with van der Waals surface area (Å²) in [6.45, 7) is 4.05. The lowest BCUT2D eigenvalue weighted by atomic mass is 10.1. The molecule has 0 saturated carbocycles. The summed E-state index contributed by atoms with van der Waals surface area (Å²) in [5.41, 5.74) is 8.20. The van der Waals surface area contributed by atoms with Crippen molar-refractivity contribution in [2.24, 2.45) is 0 Å². The lowest BCUT2D eigenvalue weighted by molar-refractivity contribution is 0.409. The molecule has 1 saturated heterocycles. The first kappa shape index (κ1) is 12.6. The zero-order chi connectivity index (χ0) is 13.4. The highest BCUT2D eigenvalue weighted by Crippen LogP contribution is 2.27. The molecule has 3 N–H and O–H groups in total. The normalized spacial score (nSPS) is 23.4. The molecule has 2 aliphatic rings. The first-order valence-corrected chi connectivity index (χ1v) is 6.92. The quantitative estimate of drug-likeness (QED) is 0.772. The Kier molecular flexibility index (Phi) is 3.28. The van der Waals surface area contributed by atoms with E-state index >= 15 is 0 Å². The molecule has 0 amide bonds. The maximum atomic E-state index is 5.87. The van der Waals surface area contributed by atoms with Gasteiger partial charge >= 0.3 is 0 Å². The number of nitrogens with one attached hydrogen (secondary N) is 1. The number of hydrogen-bond acceptors (Lipinski definition) is 6. The average molecular weight is 262 g/mol. The number of anilines is 2. The van der Waals surface area contributed by atoms with Gasteiger partial charge in [-0.15, -0.1) is 0 Å². The van der Waals surface area contributed by atoms with Crippen LogP contribution < -0.4 is 16.0 Å². The molecule has 0 radical (unpaired) electrons. The molecule has 0 spiro atoms. The van der Waals surface area contributed by atoms with Gasteiger partial charge in [0.25, 0.3) is 0 Å². The molecule has 104 valence electrons. The smallest absolute Gasteiger partial charge is 0.222 e. The van der Waals surface area contributed by atoms with Crippen molar-refractivity contribution in [2.45, 2.75) is 25.4 Å². The van der Waals surface area contributed by atoms with E-state index in [-0.39, 0.29) is 0 Å². The number of rotatable bonds is 2. The van der Waals surface area contributed by atoms with E-state index in [0.29, 0.717) is 12.0 Å². The first-order valence-electron chi connectivity index (χ1n) is 6.92. The van der Waals surface area contributed by atoms with Crippen molar-refractivity contribution in [1.29, 1.82) is 0 Å². The molecule has 6 nitrogen and oxygen atoms in total. The van der Waals surface area contributed by atoms with E-state index < -0.39 is 0 Å². The molecule has 2 aliphatic heterocycles. The Hall–Kier alpha value is -1.40. The molecule has 1 fully saturated rings. The third-order valence-corrected chi connectivity index (χ3v) is 4.18. The zero-order valence-electron chi connectivity index (χ0n) is 11.7. The predicted molar refractivity (Wildman–Crippen MR) is 76.2 cm³/mol. The van der Waals surface area contributed by atoms with Crippen LogP contribution in [0.3, 0.4) is 0 Å². The second-order valence-electron chi connectivity index (χ2n) is 5.57. The van der Waals surface area contributed by atoms with Gasteiger partial charge in [0.15, 0.2) is 0 Å². The second kappa shape index (κ2) is 4.94. The largest absolute Gasteiger partial charge is 0.368 e. The van der Waals surface area contributed by atoms with E-state index in [1.54, 1.807) is 0 Å². The molecule has 1 unspecified atom stereocenters. The third-order valence-electron chi connectivity index (χ3n) is 4.18. The molecule has 3 heterocycles. The topological polar surface area (TPSA) is 70.3 Å². The van der Waals surface area contributed by atoms with Crippen LogP contribution in [0.4, 0.5) is 11.8 Å². The monoisotopic (exact) mass is 262 g/mol. The Labute approximate surface area is 114 Å². The highest BCUT2D eigenvalue weighted by molar-refractivity contribution is 5.53. The average Bonchev–Trinajstić information content (AvgIpc) is 2.83. The first-order chi connectivity index (χ1) is 9.15. The van der Waals surface area contributed by atoms with E-state index in [9.17, 15) is 0 Å². The van der Waals surface area contributed by atoms with E-state index in [1.807, 2.05) is 0 Å². The molecule has 1 aromatic heterocycles. The number of likely N-dealkylation sites (N-methyl/N-ethyl adjacent to an activating group) is 2. The molecule has 1 aromatic rings. The number of fused-ring (bicyclic) bond motifs is 1. The summed E-state index contributed by atoms with van der Waals surface area (Å²) in [6, 6.07) is 0.519. The fourth-order valence-electron chi connectivity index (χ4n) is 3.04. The summed E-state index contributed by atoms with van der Waals surface area (Å²) < 4.78 is 0. The van der Waals surface area contributed by atoms with Crippen molar-refractivity contribution in [3.8, 4) is 0 Å². The molecule has 3 rings (SSSR count). The van der Waals surface area contributed by atoms with Gasteiger partial charge in [-0.3, -0.25) is 0 Å². The van der Waals surface area contributed by atoms with Gasteiger partial charge in [0.05, 0.1) is 5.69 Å². The number of aromatic nitrogens is 2. The summed E-state index contributed by atoms with van der Waals surface area (Å²) in [6.07, 6.45) is 2.12. The lowest BCUT2D eigenvalue weighted by Crippen LogP contribution is -2.37. The van der Waals surface area contributed by atoms with Crippen LogP contribution in [0.2, 0.25) is 0 Å². The van der Waals surface area contributed by atoms with Crippen LogP contribution in [0.5, 0.6) is 0 Å². The fourth-order valence-corrected chi connectivity index (χ4v) is 3.04. The van der Waals surface area contributed by atoms with Crippen molar-refractivity contribution >= 4 is 11.8 Å². The van der Waals surface area contributed by atoms with Crippen LogP contribution in [0.1, 0.15) is 17.7 Å². The Morgan fingerprint density at radius 1 is 1.42 bits per heavy atom. The predicted octanol–water partition coefficient (Wildman–Crippen LogP) is -0.155. The zero-order valence-corrected chi connectivity index (χ0v) is 11.7. The third kappa shape index (κ3) is 2.37. The Bertz CT molecular complexity index is 474. The number of nitrogens with two attached hydrogens (primary N) is 1. The highest BCUT2D eigenvalue weighted by Gasteiger charge is 2.27. The minimum absolute atomic E-state index is 0.397. The lowest BCUT2D eigenvalue weighted by Gasteiger charge is -2.29. The molecule has 0 aromatic carbocycles. The van der Waals surface area contributed by atoms with Crippen LogP contribution in [0, 0.1) is 0 Å². The molecule has 1 atom stereocenters. The van der Waals surface area contributed by atoms with Gasteiger partial charge < -0.3 is 20.9 Å². The SMILES string of the molecule is CN1CCC(N(C)c2nc(N)nc3c2CNCC3)C1. The minimum Gasteiger partial charge on any atom is -0.368 e. The van der Waals surface area contributed by atoms with E-state index in [0.717, 1.165) is 44.1 Å². The molecule has 0 bridgehead atoms. The van der Waals surface area contributed by atoms with Gasteiger partial charge in [0, 0.05) is 44.7 Å². The van der Waals surface area contributed by atoms with Crippen molar-refractivity contribution in [1.82, 2.24) is 20.2 Å². The van der Waals surface area contributed by atoms with Crippen LogP contribution in [-0.4, -0.2) is 54.6 Å². The fraction of sp³-hybridized carbons (Fsp3) is 0.692. The van der Waals surface area contributed by atoms with Crippen LogP contribution in [0.25, 0.3) is 0 Å². The van der Waals surface area contributed by atoms with Gasteiger partial charge in [-0.2, -0.15) is 4.98 Å². The number of nitrogens with zero attached hydrogens (tertiary/aromatic N) is 4. The van der Waals surface area contributed by atoms with E-state index in [1.165, 1.54) is 12.0 Å². The highest BCUT2D eigenvalue weighted by atomic mass is 15.3. The minimum atomic E-state index is 0.397. The molecule has 0 aliphatic carbocycles.